The number of nitrogen functional groups attached to an aromatic ring is 1. The molecule has 0 radical (unpaired) electrons. The highest BCUT2D eigenvalue weighted by atomic mass is 16.2. The summed E-state index contributed by atoms with van der Waals surface area (Å²) >= 11 is 0. The van der Waals surface area contributed by atoms with Gasteiger partial charge in [0.15, 0.2) is 0 Å². The zero-order valence-electron chi connectivity index (χ0n) is 13.0. The van der Waals surface area contributed by atoms with E-state index < -0.39 is 0 Å². The van der Waals surface area contributed by atoms with Crippen LogP contribution in [0.1, 0.15) is 44.1 Å². The maximum atomic E-state index is 12.1. The van der Waals surface area contributed by atoms with Gasteiger partial charge in [0, 0.05) is 18.3 Å². The van der Waals surface area contributed by atoms with Crippen LogP contribution in [0.2, 0.25) is 0 Å². The number of hydrogen-bond donors (Lipinski definition) is 2. The minimum atomic E-state index is 0.133. The smallest absolute Gasteiger partial charge is 0.234 e. The van der Waals surface area contributed by atoms with Gasteiger partial charge >= 0.3 is 0 Å². The number of likely N-dealkylation sites (N-methyl/N-ethyl adjacent to an activating group) is 1. The Hall–Kier alpha value is -1.55. The SMILES string of the molecule is CN(CC(=O)NC1CCCCCC1)Cc1cccc(N)c1. The Morgan fingerprint density at radius 2 is 2.00 bits per heavy atom. The lowest BCUT2D eigenvalue weighted by atomic mass is 10.1. The van der Waals surface area contributed by atoms with Crippen molar-refractivity contribution in [2.24, 2.45) is 0 Å². The highest BCUT2D eigenvalue weighted by Crippen LogP contribution is 2.17. The van der Waals surface area contributed by atoms with Gasteiger partial charge in [0.05, 0.1) is 6.54 Å². The zero-order chi connectivity index (χ0) is 15.1. The zero-order valence-corrected chi connectivity index (χ0v) is 13.0. The van der Waals surface area contributed by atoms with Gasteiger partial charge in [-0.15, -0.1) is 0 Å². The van der Waals surface area contributed by atoms with E-state index in [2.05, 4.69) is 5.32 Å². The molecule has 1 aromatic carbocycles. The summed E-state index contributed by atoms with van der Waals surface area (Å²) in [6.45, 7) is 1.18. The van der Waals surface area contributed by atoms with Gasteiger partial charge in [-0.3, -0.25) is 9.69 Å². The number of amides is 1. The molecule has 0 aliphatic heterocycles. The van der Waals surface area contributed by atoms with Crippen molar-refractivity contribution in [1.82, 2.24) is 10.2 Å². The van der Waals surface area contributed by atoms with E-state index in [0.717, 1.165) is 30.6 Å². The van der Waals surface area contributed by atoms with Crippen LogP contribution >= 0.6 is 0 Å². The second kappa shape index (κ2) is 8.03. The molecule has 4 nitrogen and oxygen atoms in total. The Labute approximate surface area is 127 Å². The molecular formula is C17H27N3O. The summed E-state index contributed by atoms with van der Waals surface area (Å²) < 4.78 is 0. The molecule has 0 bridgehead atoms. The topological polar surface area (TPSA) is 58.4 Å². The monoisotopic (exact) mass is 289 g/mol. The lowest BCUT2D eigenvalue weighted by Gasteiger charge is -2.20. The van der Waals surface area contributed by atoms with Crippen LogP contribution in [0.5, 0.6) is 0 Å². The van der Waals surface area contributed by atoms with E-state index in [9.17, 15) is 4.79 Å². The van der Waals surface area contributed by atoms with Crippen LogP contribution in [0, 0.1) is 0 Å². The molecule has 1 amide bonds. The predicted molar refractivity (Wildman–Crippen MR) is 86.8 cm³/mol. The molecule has 0 saturated heterocycles. The number of anilines is 1. The number of rotatable bonds is 5. The van der Waals surface area contributed by atoms with Gasteiger partial charge in [0.2, 0.25) is 5.91 Å². The van der Waals surface area contributed by atoms with Gasteiger partial charge in [-0.1, -0.05) is 37.8 Å². The van der Waals surface area contributed by atoms with Crippen molar-refractivity contribution in [2.75, 3.05) is 19.3 Å². The molecule has 1 fully saturated rings. The number of nitrogens with zero attached hydrogens (tertiary/aromatic N) is 1. The molecule has 1 aliphatic carbocycles. The molecule has 0 heterocycles. The first-order chi connectivity index (χ1) is 10.1. The van der Waals surface area contributed by atoms with E-state index in [1.165, 1.54) is 25.7 Å². The van der Waals surface area contributed by atoms with Crippen LogP contribution in [-0.2, 0) is 11.3 Å². The van der Waals surface area contributed by atoms with Crippen molar-refractivity contribution in [2.45, 2.75) is 51.1 Å². The van der Waals surface area contributed by atoms with Crippen LogP contribution in [0.15, 0.2) is 24.3 Å². The van der Waals surface area contributed by atoms with Crippen LogP contribution in [0.4, 0.5) is 5.69 Å². The van der Waals surface area contributed by atoms with Crippen molar-refractivity contribution < 1.29 is 4.79 Å². The molecule has 1 aromatic rings. The number of nitrogens with one attached hydrogen (secondary N) is 1. The number of nitrogens with two attached hydrogens (primary N) is 1. The molecule has 2 rings (SSSR count). The van der Waals surface area contributed by atoms with Gasteiger partial charge in [0.25, 0.3) is 0 Å². The standard InChI is InChI=1S/C17H27N3O/c1-20(12-14-7-6-8-15(18)11-14)13-17(21)19-16-9-4-2-3-5-10-16/h6-8,11,16H,2-5,9-10,12-13,18H2,1H3,(H,19,21). The van der Waals surface area contributed by atoms with E-state index in [4.69, 9.17) is 5.73 Å². The molecule has 0 aromatic heterocycles. The van der Waals surface area contributed by atoms with Crippen molar-refractivity contribution in [1.29, 1.82) is 0 Å². The molecule has 116 valence electrons. The normalized spacial score (nSPS) is 16.7. The highest BCUT2D eigenvalue weighted by Gasteiger charge is 2.15. The van der Waals surface area contributed by atoms with Gasteiger partial charge in [0.1, 0.15) is 0 Å². The minimum absolute atomic E-state index is 0.133. The van der Waals surface area contributed by atoms with Crippen molar-refractivity contribution in [3.63, 3.8) is 0 Å². The summed E-state index contributed by atoms with van der Waals surface area (Å²) in [5, 5.41) is 3.18. The fourth-order valence-electron chi connectivity index (χ4n) is 3.00. The van der Waals surface area contributed by atoms with E-state index in [1.807, 2.05) is 36.2 Å². The lowest BCUT2D eigenvalue weighted by molar-refractivity contribution is -0.122. The molecule has 3 N–H and O–H groups in total. The van der Waals surface area contributed by atoms with Crippen LogP contribution in [0.3, 0.4) is 0 Å². The Morgan fingerprint density at radius 1 is 1.29 bits per heavy atom. The third-order valence-corrected chi connectivity index (χ3v) is 4.04. The fraction of sp³-hybridized carbons (Fsp3) is 0.588. The van der Waals surface area contributed by atoms with Gasteiger partial charge in [-0.2, -0.15) is 0 Å². The molecule has 1 saturated carbocycles. The summed E-state index contributed by atoms with van der Waals surface area (Å²) in [6.07, 6.45) is 7.35. The Bertz CT molecular complexity index is 453. The van der Waals surface area contributed by atoms with E-state index >= 15 is 0 Å². The summed E-state index contributed by atoms with van der Waals surface area (Å²) in [5.74, 6) is 0.133. The second-order valence-electron chi connectivity index (χ2n) is 6.17. The predicted octanol–water partition coefficient (Wildman–Crippen LogP) is 2.54. The summed E-state index contributed by atoms with van der Waals surface area (Å²) in [4.78, 5) is 14.1. The Morgan fingerprint density at radius 3 is 2.67 bits per heavy atom. The van der Waals surface area contributed by atoms with E-state index in [-0.39, 0.29) is 5.91 Å². The van der Waals surface area contributed by atoms with Gasteiger partial charge < -0.3 is 11.1 Å². The molecule has 0 atom stereocenters. The first kappa shape index (κ1) is 15.8. The summed E-state index contributed by atoms with van der Waals surface area (Å²) in [6, 6.07) is 8.20. The maximum Gasteiger partial charge on any atom is 0.234 e. The van der Waals surface area contributed by atoms with E-state index in [0.29, 0.717) is 12.6 Å². The molecular weight excluding hydrogens is 262 g/mol. The number of benzene rings is 1. The third kappa shape index (κ3) is 5.76. The Kier molecular flexibility index (Phi) is 6.05. The number of hydrogen-bond acceptors (Lipinski definition) is 3. The summed E-state index contributed by atoms with van der Waals surface area (Å²) in [5.41, 5.74) is 7.68. The van der Waals surface area contributed by atoms with Crippen LogP contribution in [-0.4, -0.2) is 30.4 Å². The maximum absolute atomic E-state index is 12.1. The van der Waals surface area contributed by atoms with Crippen molar-refractivity contribution in [3.8, 4) is 0 Å². The molecule has 1 aliphatic rings. The minimum Gasteiger partial charge on any atom is -0.399 e. The molecule has 4 heteroatoms. The van der Waals surface area contributed by atoms with Crippen LogP contribution in [0.25, 0.3) is 0 Å². The number of carbonyl (C=O) groups is 1. The molecule has 0 spiro atoms. The third-order valence-electron chi connectivity index (χ3n) is 4.04. The first-order valence-corrected chi connectivity index (χ1v) is 7.96. The quantitative estimate of drug-likeness (QED) is 0.647. The lowest BCUT2D eigenvalue weighted by Crippen LogP contribution is -2.40. The highest BCUT2D eigenvalue weighted by molar-refractivity contribution is 5.78. The summed E-state index contributed by atoms with van der Waals surface area (Å²) in [7, 11) is 1.97. The average molecular weight is 289 g/mol. The largest absolute Gasteiger partial charge is 0.399 e. The Balaban J connectivity index is 1.76. The first-order valence-electron chi connectivity index (χ1n) is 7.96. The second-order valence-corrected chi connectivity index (χ2v) is 6.17. The number of carbonyl (C=O) groups excluding carboxylic acids is 1. The van der Waals surface area contributed by atoms with Gasteiger partial charge in [-0.05, 0) is 37.6 Å². The van der Waals surface area contributed by atoms with E-state index in [1.54, 1.807) is 0 Å². The molecule has 0 unspecified atom stereocenters. The molecule has 21 heavy (non-hydrogen) atoms. The van der Waals surface area contributed by atoms with Crippen molar-refractivity contribution >= 4 is 11.6 Å². The fourth-order valence-corrected chi connectivity index (χ4v) is 3.00. The van der Waals surface area contributed by atoms with Crippen molar-refractivity contribution in [3.05, 3.63) is 29.8 Å². The van der Waals surface area contributed by atoms with Gasteiger partial charge in [-0.25, -0.2) is 0 Å². The average Bonchev–Trinajstić information content (AvgIpc) is 2.67. The van der Waals surface area contributed by atoms with Crippen LogP contribution < -0.4 is 11.1 Å².